The number of hydrogen-bond acceptors (Lipinski definition) is 0. The first-order valence-corrected chi connectivity index (χ1v) is 13.4. The Labute approximate surface area is 224 Å². The first-order chi connectivity index (χ1) is 18.5. The quantitative estimate of drug-likeness (QED) is 0.246. The maximum Gasteiger partial charge on any atom is 0.409 e. The van der Waals surface area contributed by atoms with Gasteiger partial charge in [-0.2, -0.15) is 13.2 Å². The van der Waals surface area contributed by atoms with Crippen LogP contribution in [0.2, 0.25) is 0 Å². The van der Waals surface area contributed by atoms with Crippen molar-refractivity contribution in [3.05, 3.63) is 89.0 Å². The van der Waals surface area contributed by atoms with Gasteiger partial charge in [0.25, 0.3) is 0 Å². The first kappa shape index (κ1) is 28.9. The highest BCUT2D eigenvalue weighted by Crippen LogP contribution is 2.35. The van der Waals surface area contributed by atoms with Gasteiger partial charge in [-0.05, 0) is 71.7 Å². The van der Waals surface area contributed by atoms with Crippen molar-refractivity contribution in [1.29, 1.82) is 0 Å². The molecule has 0 amide bonds. The third-order valence-electron chi connectivity index (χ3n) is 7.65. The highest BCUT2D eigenvalue weighted by atomic mass is 19.4. The summed E-state index contributed by atoms with van der Waals surface area (Å²) in [4.78, 5) is 0. The van der Waals surface area contributed by atoms with Crippen molar-refractivity contribution in [2.24, 2.45) is 11.8 Å². The van der Waals surface area contributed by atoms with Gasteiger partial charge in [0.15, 0.2) is 0 Å². The molecule has 0 nitrogen and oxygen atoms in total. The molecule has 0 N–H and O–H groups in total. The molecule has 0 spiro atoms. The monoisotopic (exact) mass is 548 g/mol. The molecule has 0 saturated heterocycles. The number of benzene rings is 3. The summed E-state index contributed by atoms with van der Waals surface area (Å²) in [5.41, 5.74) is 0.134. The SMILES string of the molecule is CCCC1CCC(CCc2ccc(-c3ccc(-c4cc(F)c(/C=C/C(F)(F)F)c(F)c4)c(F)c3)c(F)c2)CC1. The minimum absolute atomic E-state index is 0.159. The molecule has 0 unspecified atom stereocenters. The van der Waals surface area contributed by atoms with Gasteiger partial charge < -0.3 is 0 Å². The maximum atomic E-state index is 15.0. The highest BCUT2D eigenvalue weighted by molar-refractivity contribution is 5.72. The molecule has 0 bridgehead atoms. The van der Waals surface area contributed by atoms with Gasteiger partial charge in [-0.15, -0.1) is 0 Å². The number of rotatable bonds is 8. The largest absolute Gasteiger partial charge is 0.409 e. The molecule has 0 heterocycles. The molecule has 3 aromatic rings. The normalized spacial score (nSPS) is 18.2. The van der Waals surface area contributed by atoms with Gasteiger partial charge in [-0.25, -0.2) is 17.6 Å². The summed E-state index contributed by atoms with van der Waals surface area (Å²) in [6.45, 7) is 2.22. The van der Waals surface area contributed by atoms with Crippen LogP contribution >= 0.6 is 0 Å². The van der Waals surface area contributed by atoms with Gasteiger partial charge in [0.2, 0.25) is 0 Å². The molecule has 0 aromatic heterocycles. The van der Waals surface area contributed by atoms with E-state index in [0.717, 1.165) is 42.5 Å². The van der Waals surface area contributed by atoms with E-state index in [2.05, 4.69) is 6.92 Å². The summed E-state index contributed by atoms with van der Waals surface area (Å²) in [5, 5.41) is 0. The fourth-order valence-corrected chi connectivity index (χ4v) is 5.53. The Morgan fingerprint density at radius 2 is 1.23 bits per heavy atom. The van der Waals surface area contributed by atoms with E-state index in [1.165, 1.54) is 56.7 Å². The zero-order valence-corrected chi connectivity index (χ0v) is 21.7. The smallest absolute Gasteiger partial charge is 0.206 e. The van der Waals surface area contributed by atoms with Gasteiger partial charge >= 0.3 is 6.18 Å². The van der Waals surface area contributed by atoms with Crippen molar-refractivity contribution in [1.82, 2.24) is 0 Å². The Bertz CT molecular complexity index is 1290. The summed E-state index contributed by atoms with van der Waals surface area (Å²) in [5.74, 6) is -2.34. The summed E-state index contributed by atoms with van der Waals surface area (Å²) in [6, 6.07) is 10.2. The standard InChI is InChI=1S/C32H31F7/c1-2-3-20-4-6-21(7-5-20)8-9-22-10-12-25(28(33)16-22)23-11-13-26(29(34)17-23)24-18-30(35)27(31(36)19-24)14-15-32(37,38)39/h10-21H,2-9H2,1H3/b15-14+. The van der Waals surface area contributed by atoms with Crippen LogP contribution in [0.3, 0.4) is 0 Å². The Kier molecular flexibility index (Phi) is 9.19. The number of aryl methyl sites for hydroxylation is 1. The third-order valence-corrected chi connectivity index (χ3v) is 7.65. The molecule has 1 aliphatic carbocycles. The van der Waals surface area contributed by atoms with Gasteiger partial charge in [0, 0.05) is 22.8 Å². The van der Waals surface area contributed by atoms with E-state index in [4.69, 9.17) is 0 Å². The molecule has 4 rings (SSSR count). The van der Waals surface area contributed by atoms with Crippen molar-refractivity contribution in [3.8, 4) is 22.3 Å². The minimum atomic E-state index is -4.74. The van der Waals surface area contributed by atoms with Crippen molar-refractivity contribution in [2.75, 3.05) is 0 Å². The molecule has 0 aliphatic heterocycles. The molecule has 1 saturated carbocycles. The third kappa shape index (κ3) is 7.52. The van der Waals surface area contributed by atoms with Crippen molar-refractivity contribution >= 4 is 6.08 Å². The lowest BCUT2D eigenvalue weighted by Crippen LogP contribution is -2.15. The van der Waals surface area contributed by atoms with Crippen molar-refractivity contribution < 1.29 is 30.7 Å². The van der Waals surface area contributed by atoms with Crippen LogP contribution in [0.25, 0.3) is 28.3 Å². The highest BCUT2D eigenvalue weighted by Gasteiger charge is 2.23. The fraction of sp³-hybridized carbons (Fsp3) is 0.375. The van der Waals surface area contributed by atoms with E-state index in [0.29, 0.717) is 12.0 Å². The Balaban J connectivity index is 1.46. The van der Waals surface area contributed by atoms with Gasteiger partial charge in [-0.1, -0.05) is 69.7 Å². The molecule has 208 valence electrons. The second-order valence-electron chi connectivity index (χ2n) is 10.5. The van der Waals surface area contributed by atoms with Crippen LogP contribution in [-0.4, -0.2) is 6.18 Å². The Morgan fingerprint density at radius 3 is 1.79 bits per heavy atom. The number of alkyl halides is 3. The lowest BCUT2D eigenvalue weighted by molar-refractivity contribution is -0.0790. The molecule has 0 atom stereocenters. The van der Waals surface area contributed by atoms with Crippen LogP contribution in [0.1, 0.15) is 63.0 Å². The first-order valence-electron chi connectivity index (χ1n) is 13.4. The number of hydrogen-bond donors (Lipinski definition) is 0. The molecule has 3 aromatic carbocycles. The number of allylic oxidation sites excluding steroid dienone is 1. The molecular weight excluding hydrogens is 517 g/mol. The summed E-state index contributed by atoms with van der Waals surface area (Å²) in [6.07, 6.45) is 4.57. The Hall–Kier alpha value is -3.09. The molecule has 39 heavy (non-hydrogen) atoms. The summed E-state index contributed by atoms with van der Waals surface area (Å²) < 4.78 is 95.8. The molecule has 1 aliphatic rings. The topological polar surface area (TPSA) is 0 Å². The van der Waals surface area contributed by atoms with Crippen LogP contribution in [0.15, 0.2) is 54.6 Å². The van der Waals surface area contributed by atoms with E-state index in [9.17, 15) is 30.7 Å². The van der Waals surface area contributed by atoms with Crippen LogP contribution in [-0.2, 0) is 6.42 Å². The van der Waals surface area contributed by atoms with Crippen LogP contribution in [0.4, 0.5) is 30.7 Å². The molecule has 7 heteroatoms. The fourth-order valence-electron chi connectivity index (χ4n) is 5.53. The Morgan fingerprint density at radius 1 is 0.692 bits per heavy atom. The molecule has 0 radical (unpaired) electrons. The zero-order valence-electron chi connectivity index (χ0n) is 21.7. The van der Waals surface area contributed by atoms with Gasteiger partial charge in [-0.3, -0.25) is 0 Å². The van der Waals surface area contributed by atoms with Crippen LogP contribution < -0.4 is 0 Å². The van der Waals surface area contributed by atoms with Crippen molar-refractivity contribution in [2.45, 2.75) is 64.5 Å². The van der Waals surface area contributed by atoms with E-state index < -0.39 is 35.0 Å². The van der Waals surface area contributed by atoms with E-state index in [1.54, 1.807) is 6.07 Å². The van der Waals surface area contributed by atoms with Gasteiger partial charge in [0.1, 0.15) is 23.3 Å². The summed E-state index contributed by atoms with van der Waals surface area (Å²) in [7, 11) is 0. The lowest BCUT2D eigenvalue weighted by atomic mass is 9.78. The molecular formula is C32H31F7. The summed E-state index contributed by atoms with van der Waals surface area (Å²) >= 11 is 0. The lowest BCUT2D eigenvalue weighted by Gasteiger charge is -2.28. The van der Waals surface area contributed by atoms with Crippen LogP contribution in [0, 0.1) is 35.1 Å². The van der Waals surface area contributed by atoms with Crippen LogP contribution in [0.5, 0.6) is 0 Å². The predicted molar refractivity (Wildman–Crippen MR) is 141 cm³/mol. The van der Waals surface area contributed by atoms with Gasteiger partial charge in [0.05, 0.1) is 0 Å². The minimum Gasteiger partial charge on any atom is -0.206 e. The molecule has 1 fully saturated rings. The second-order valence-corrected chi connectivity index (χ2v) is 10.5. The van der Waals surface area contributed by atoms with E-state index in [-0.39, 0.29) is 28.3 Å². The second kappa shape index (κ2) is 12.4. The predicted octanol–water partition coefficient (Wildman–Crippen LogP) is 10.7. The zero-order chi connectivity index (χ0) is 28.2. The average molecular weight is 549 g/mol. The van der Waals surface area contributed by atoms with Crippen molar-refractivity contribution in [3.63, 3.8) is 0 Å². The van der Waals surface area contributed by atoms with E-state index >= 15 is 0 Å². The van der Waals surface area contributed by atoms with E-state index in [1.807, 2.05) is 6.07 Å². The maximum absolute atomic E-state index is 15.0. The number of halogens is 7. The average Bonchev–Trinajstić information content (AvgIpc) is 2.87.